The highest BCUT2D eigenvalue weighted by Gasteiger charge is 2.53. The number of methoxy groups -OCH3 is 3. The van der Waals surface area contributed by atoms with Crippen LogP contribution in [0.3, 0.4) is 0 Å². The summed E-state index contributed by atoms with van der Waals surface area (Å²) in [6, 6.07) is -1.14. The van der Waals surface area contributed by atoms with Crippen molar-refractivity contribution < 1.29 is 67.3 Å². The van der Waals surface area contributed by atoms with E-state index in [9.17, 15) is 34.2 Å². The Labute approximate surface area is 417 Å². The number of nitrogens with zero attached hydrogens (tertiary/aromatic N) is 1. The van der Waals surface area contributed by atoms with Crippen molar-refractivity contribution in [2.45, 2.75) is 193 Å². The summed E-state index contributed by atoms with van der Waals surface area (Å²) < 4.78 is 41.9. The van der Waals surface area contributed by atoms with Crippen molar-refractivity contribution in [3.63, 3.8) is 0 Å². The van der Waals surface area contributed by atoms with Gasteiger partial charge in [0.2, 0.25) is 5.79 Å². The number of hydrogen-bond donors (Lipinski definition) is 2. The first-order valence-corrected chi connectivity index (χ1v) is 26.0. The normalized spacial score (nSPS) is 38.9. The minimum absolute atomic E-state index is 0.0233. The molecule has 15 heteroatoms. The molecule has 4 fully saturated rings. The van der Waals surface area contributed by atoms with Crippen LogP contribution in [0.2, 0.25) is 0 Å². The zero-order valence-electron chi connectivity index (χ0n) is 43.7. The minimum atomic E-state index is -2.43. The number of ketones is 3. The average molecular weight is 984 g/mol. The lowest BCUT2D eigenvalue weighted by Crippen LogP contribution is -2.61. The van der Waals surface area contributed by atoms with Crippen LogP contribution in [0.4, 0.5) is 0 Å². The largest absolute Gasteiger partial charge is 0.460 e. The van der Waals surface area contributed by atoms with E-state index in [4.69, 9.17) is 33.2 Å². The molecule has 2 N–H and O–H groups in total. The molecule has 2 bridgehead atoms. The van der Waals surface area contributed by atoms with Gasteiger partial charge in [-0.15, -0.1) is 0 Å². The Hall–Kier alpha value is -3.41. The number of cyclic esters (lactones) is 1. The van der Waals surface area contributed by atoms with E-state index in [1.807, 2.05) is 58.1 Å². The van der Waals surface area contributed by atoms with Crippen molar-refractivity contribution in [3.05, 3.63) is 47.6 Å². The fourth-order valence-electron chi connectivity index (χ4n) is 11.1. The molecule has 0 aromatic heterocycles. The molecule has 4 aliphatic heterocycles. The first-order chi connectivity index (χ1) is 33.3. The minimum Gasteiger partial charge on any atom is -0.460 e. The van der Waals surface area contributed by atoms with Crippen molar-refractivity contribution in [1.29, 1.82) is 0 Å². The summed E-state index contributed by atoms with van der Waals surface area (Å²) in [5.41, 5.74) is 1.21. The van der Waals surface area contributed by atoms with Crippen LogP contribution in [-0.4, -0.2) is 146 Å². The molecule has 0 aromatic rings. The van der Waals surface area contributed by atoms with E-state index >= 15 is 0 Å². The van der Waals surface area contributed by atoms with Gasteiger partial charge in [-0.05, 0) is 113 Å². The van der Waals surface area contributed by atoms with Gasteiger partial charge < -0.3 is 48.3 Å². The highest BCUT2D eigenvalue weighted by atomic mass is 16.6. The van der Waals surface area contributed by atoms with Crippen molar-refractivity contribution in [1.82, 2.24) is 4.90 Å². The molecule has 70 heavy (non-hydrogen) atoms. The standard InChI is InChI=1S/C55H85NO14/c1-33-16-12-11-13-17-34(2)46(64-8)30-41-21-19-39(7)55(63,70-41)52(60)53(61)56-24-15-14-18-43(56)54(62)69-47(31-44(57)35(3)27-38(6)50(59)51(66-10)49(58)37(5)26-33)36(4)28-40-20-22-45(48(29-40)65-9)68-42-23-25-67-32-42/h11-13,16-17,27,33,36-43,45-48,50-51,59,63H,14-15,18-26,28-32H2,1-10H3/b13-11?,16-12?,34-17?,35-27+/t33-,36+,37-,38?,39-,40?,41+,42?,43+,45?,46+,47+,48?,50?,51+,55-/m1/s1. The molecule has 394 valence electrons. The zero-order valence-corrected chi connectivity index (χ0v) is 43.7. The molecule has 5 aliphatic rings. The van der Waals surface area contributed by atoms with Crippen LogP contribution in [0.5, 0.6) is 0 Å². The fourth-order valence-corrected chi connectivity index (χ4v) is 11.1. The van der Waals surface area contributed by atoms with Gasteiger partial charge in [-0.2, -0.15) is 0 Å². The van der Waals surface area contributed by atoms with Crippen molar-refractivity contribution in [2.75, 3.05) is 41.1 Å². The Balaban J connectivity index is 1.45. The number of piperidine rings is 1. The van der Waals surface area contributed by atoms with Gasteiger partial charge >= 0.3 is 5.97 Å². The number of rotatable bonds is 8. The van der Waals surface area contributed by atoms with E-state index < -0.39 is 77.8 Å². The second-order valence-corrected chi connectivity index (χ2v) is 21.2. The Kier molecular flexibility index (Phi) is 22.2. The Bertz CT molecular complexity index is 1890. The number of amides is 1. The number of esters is 1. The number of hydrogen-bond acceptors (Lipinski definition) is 14. The van der Waals surface area contributed by atoms with Crippen LogP contribution >= 0.6 is 0 Å². The summed E-state index contributed by atoms with van der Waals surface area (Å²) in [7, 11) is 4.67. The second kappa shape index (κ2) is 27.0. The lowest BCUT2D eigenvalue weighted by atomic mass is 9.78. The molecule has 0 aromatic carbocycles. The molecule has 0 spiro atoms. The predicted molar refractivity (Wildman–Crippen MR) is 263 cm³/mol. The van der Waals surface area contributed by atoms with Gasteiger partial charge in [0.25, 0.3) is 11.7 Å². The monoisotopic (exact) mass is 984 g/mol. The van der Waals surface area contributed by atoms with Gasteiger partial charge in [-0.3, -0.25) is 19.2 Å². The third-order valence-electron chi connectivity index (χ3n) is 15.7. The third kappa shape index (κ3) is 15.1. The van der Waals surface area contributed by atoms with Crippen LogP contribution < -0.4 is 0 Å². The van der Waals surface area contributed by atoms with E-state index in [-0.39, 0.29) is 67.0 Å². The Morgan fingerprint density at radius 2 is 1.61 bits per heavy atom. The Morgan fingerprint density at radius 1 is 0.857 bits per heavy atom. The van der Waals surface area contributed by atoms with Gasteiger partial charge in [0.15, 0.2) is 11.6 Å². The highest BCUT2D eigenvalue weighted by Crippen LogP contribution is 2.38. The quantitative estimate of drug-likeness (QED) is 0.187. The fraction of sp³-hybridized carbons (Fsp3) is 0.764. The number of ether oxygens (including phenoxy) is 7. The van der Waals surface area contributed by atoms with Gasteiger partial charge in [0.05, 0.1) is 43.2 Å². The molecular formula is C55H85NO14. The molecular weight excluding hydrogens is 899 g/mol. The summed E-state index contributed by atoms with van der Waals surface area (Å²) in [6.07, 6.45) is 13.5. The van der Waals surface area contributed by atoms with Gasteiger partial charge in [-0.1, -0.05) is 71.1 Å². The van der Waals surface area contributed by atoms with Crippen LogP contribution in [0.1, 0.15) is 132 Å². The van der Waals surface area contributed by atoms with Crippen molar-refractivity contribution >= 4 is 29.2 Å². The van der Waals surface area contributed by atoms with Crippen molar-refractivity contribution in [3.8, 4) is 0 Å². The number of fused-ring (bicyclic) bond motifs is 3. The molecule has 6 unspecified atom stereocenters. The lowest BCUT2D eigenvalue weighted by Gasteiger charge is -2.42. The first-order valence-electron chi connectivity index (χ1n) is 26.0. The summed E-state index contributed by atoms with van der Waals surface area (Å²) >= 11 is 0. The smallest absolute Gasteiger partial charge is 0.329 e. The third-order valence-corrected chi connectivity index (χ3v) is 15.7. The summed E-state index contributed by atoms with van der Waals surface area (Å²) in [5, 5.41) is 23.5. The van der Waals surface area contributed by atoms with Gasteiger partial charge in [0, 0.05) is 65.1 Å². The van der Waals surface area contributed by atoms with Crippen LogP contribution in [0.15, 0.2) is 47.6 Å². The van der Waals surface area contributed by atoms with Gasteiger partial charge in [-0.25, -0.2) is 4.79 Å². The number of aliphatic hydroxyl groups excluding tert-OH is 1. The summed E-state index contributed by atoms with van der Waals surface area (Å²) in [5.74, 6) is -7.77. The van der Waals surface area contributed by atoms with Crippen LogP contribution in [0.25, 0.3) is 0 Å². The number of carbonyl (C=O) groups excluding carboxylic acids is 5. The van der Waals surface area contributed by atoms with E-state index in [2.05, 4.69) is 0 Å². The Morgan fingerprint density at radius 3 is 2.30 bits per heavy atom. The molecule has 0 radical (unpaired) electrons. The molecule has 1 aliphatic carbocycles. The molecule has 4 heterocycles. The summed E-state index contributed by atoms with van der Waals surface area (Å²) in [6.45, 7) is 14.1. The zero-order chi connectivity index (χ0) is 51.3. The number of allylic oxidation sites excluding steroid dienone is 6. The second-order valence-electron chi connectivity index (χ2n) is 21.2. The maximum absolute atomic E-state index is 14.5. The van der Waals surface area contributed by atoms with E-state index in [0.717, 1.165) is 24.8 Å². The number of Topliss-reactive ketones (excluding diaryl/α,β-unsaturated/α-hetero) is 3. The van der Waals surface area contributed by atoms with Crippen molar-refractivity contribution in [2.24, 2.45) is 35.5 Å². The number of carbonyl (C=O) groups is 5. The predicted octanol–water partition coefficient (Wildman–Crippen LogP) is 6.99. The van der Waals surface area contributed by atoms with Crippen LogP contribution in [-0.2, 0) is 57.1 Å². The molecule has 1 amide bonds. The van der Waals surface area contributed by atoms with Crippen LogP contribution in [0, 0.1) is 35.5 Å². The molecule has 5 rings (SSSR count). The van der Waals surface area contributed by atoms with Gasteiger partial charge in [0.1, 0.15) is 18.2 Å². The van der Waals surface area contributed by atoms with E-state index in [1.54, 1.807) is 41.1 Å². The molecule has 3 saturated heterocycles. The highest BCUT2D eigenvalue weighted by molar-refractivity contribution is 6.39. The number of aliphatic hydroxyl groups is 2. The van der Waals surface area contributed by atoms with E-state index in [1.165, 1.54) is 12.0 Å². The first kappa shape index (κ1) is 57.5. The van der Waals surface area contributed by atoms with E-state index in [0.29, 0.717) is 70.2 Å². The molecule has 15 nitrogen and oxygen atoms in total. The molecule has 1 saturated carbocycles. The summed E-state index contributed by atoms with van der Waals surface area (Å²) in [4.78, 5) is 72.4. The molecule has 16 atom stereocenters. The maximum atomic E-state index is 14.5. The maximum Gasteiger partial charge on any atom is 0.329 e. The average Bonchev–Trinajstić information content (AvgIpc) is 3.86. The topological polar surface area (TPSA) is 194 Å². The lowest BCUT2D eigenvalue weighted by molar-refractivity contribution is -0.265. The SMILES string of the molecule is COC1CC(C[C@H](C)[C@@H]2CC(=O)/C(C)=C/C(C)C(O)[C@@H](OC)C(=O)[C@H](C)C[C@H](C)C=CC=CC=C(C)[C@@H](OC)C[C@@H]3CC[C@@H](C)[C@@](O)(O3)C(=O)C(=O)N3CCCC[C@H]3C(=O)O2)CCC1OC1CCOC1.